The van der Waals surface area contributed by atoms with Gasteiger partial charge < -0.3 is 4.90 Å². The molecule has 1 heterocycles. The molecule has 1 aliphatic rings. The Bertz CT molecular complexity index is 509. The van der Waals surface area contributed by atoms with E-state index < -0.39 is 17.2 Å². The molecule has 98 valence electrons. The molecule has 0 N–H and O–H groups in total. The minimum Gasteiger partial charge on any atom is -0.314 e. The van der Waals surface area contributed by atoms with Crippen LogP contribution in [0.15, 0.2) is 18.2 Å². The summed E-state index contributed by atoms with van der Waals surface area (Å²) in [7, 11) is 1.59. The first kappa shape index (κ1) is 12.9. The number of fused-ring (bicyclic) bond motifs is 1. The summed E-state index contributed by atoms with van der Waals surface area (Å²) in [5.41, 5.74) is -0.528. The molecular formula is C13H14F3NO. The topological polar surface area (TPSA) is 20.3 Å². The molecule has 1 aromatic carbocycles. The van der Waals surface area contributed by atoms with Gasteiger partial charge >= 0.3 is 6.18 Å². The van der Waals surface area contributed by atoms with Crippen LogP contribution in [0.1, 0.15) is 31.4 Å². The molecule has 0 bridgehead atoms. The van der Waals surface area contributed by atoms with Gasteiger partial charge in [-0.3, -0.25) is 4.79 Å². The van der Waals surface area contributed by atoms with Crippen LogP contribution in [-0.4, -0.2) is 13.0 Å². The van der Waals surface area contributed by atoms with Crippen LogP contribution in [0.25, 0.3) is 0 Å². The number of amides is 1. The third-order valence-corrected chi connectivity index (χ3v) is 3.76. The Kier molecular flexibility index (Phi) is 2.68. The maximum absolute atomic E-state index is 12.7. The number of anilines is 1. The Labute approximate surface area is 103 Å². The number of halogens is 3. The van der Waals surface area contributed by atoms with Gasteiger partial charge in [0.05, 0.1) is 11.0 Å². The summed E-state index contributed by atoms with van der Waals surface area (Å²) in [5.74, 6) is -0.153. The maximum atomic E-state index is 12.7. The summed E-state index contributed by atoms with van der Waals surface area (Å²) in [4.78, 5) is 13.6. The minimum absolute atomic E-state index is 0.153. The molecule has 0 saturated heterocycles. The summed E-state index contributed by atoms with van der Waals surface area (Å²) < 4.78 is 38.1. The standard InChI is InChI=1S/C13H14F3NO/c1-4-12(2)9-7-8(13(14,15)16)5-6-10(9)17(3)11(12)18/h5-7H,4H2,1-3H3/t12-/m1/s1. The van der Waals surface area contributed by atoms with Crippen molar-refractivity contribution in [3.63, 3.8) is 0 Å². The Hall–Kier alpha value is -1.52. The van der Waals surface area contributed by atoms with E-state index in [4.69, 9.17) is 0 Å². The average Bonchev–Trinajstić information content (AvgIpc) is 2.51. The summed E-state index contributed by atoms with van der Waals surface area (Å²) >= 11 is 0. The summed E-state index contributed by atoms with van der Waals surface area (Å²) in [5, 5.41) is 0. The van der Waals surface area contributed by atoms with E-state index in [2.05, 4.69) is 0 Å². The molecular weight excluding hydrogens is 243 g/mol. The fourth-order valence-corrected chi connectivity index (χ4v) is 2.38. The van der Waals surface area contributed by atoms with E-state index in [-0.39, 0.29) is 5.91 Å². The molecule has 1 atom stereocenters. The van der Waals surface area contributed by atoms with Crippen molar-refractivity contribution >= 4 is 11.6 Å². The van der Waals surface area contributed by atoms with Crippen LogP contribution in [0.4, 0.5) is 18.9 Å². The number of nitrogens with zero attached hydrogens (tertiary/aromatic N) is 1. The van der Waals surface area contributed by atoms with Gasteiger partial charge in [0.2, 0.25) is 5.91 Å². The van der Waals surface area contributed by atoms with E-state index in [1.807, 2.05) is 0 Å². The van der Waals surface area contributed by atoms with E-state index in [1.165, 1.54) is 11.0 Å². The summed E-state index contributed by atoms with van der Waals surface area (Å²) in [6.45, 7) is 3.50. The highest BCUT2D eigenvalue weighted by Crippen LogP contribution is 2.45. The molecule has 2 nitrogen and oxygen atoms in total. The zero-order chi connectivity index (χ0) is 13.7. The maximum Gasteiger partial charge on any atom is 0.416 e. The number of carbonyl (C=O) groups is 1. The number of hydrogen-bond donors (Lipinski definition) is 0. The Morgan fingerprint density at radius 3 is 2.44 bits per heavy atom. The average molecular weight is 257 g/mol. The van der Waals surface area contributed by atoms with E-state index >= 15 is 0 Å². The highest BCUT2D eigenvalue weighted by molar-refractivity contribution is 6.07. The van der Waals surface area contributed by atoms with E-state index in [1.54, 1.807) is 20.9 Å². The molecule has 5 heteroatoms. The van der Waals surface area contributed by atoms with Crippen molar-refractivity contribution in [3.8, 4) is 0 Å². The number of benzene rings is 1. The van der Waals surface area contributed by atoms with Crippen LogP contribution in [-0.2, 0) is 16.4 Å². The molecule has 1 amide bonds. The third kappa shape index (κ3) is 1.61. The molecule has 18 heavy (non-hydrogen) atoms. The van der Waals surface area contributed by atoms with Gasteiger partial charge in [0, 0.05) is 12.7 Å². The Morgan fingerprint density at radius 2 is 1.94 bits per heavy atom. The molecule has 0 aromatic heterocycles. The van der Waals surface area contributed by atoms with Crippen molar-refractivity contribution in [2.75, 3.05) is 11.9 Å². The summed E-state index contributed by atoms with van der Waals surface area (Å²) in [6.07, 6.45) is -3.90. The highest BCUT2D eigenvalue weighted by Gasteiger charge is 2.46. The van der Waals surface area contributed by atoms with Crippen LogP contribution >= 0.6 is 0 Å². The van der Waals surface area contributed by atoms with Crippen LogP contribution in [0.5, 0.6) is 0 Å². The lowest BCUT2D eigenvalue weighted by Crippen LogP contribution is -2.35. The normalized spacial score (nSPS) is 23.4. The first-order chi connectivity index (χ1) is 8.21. The quantitative estimate of drug-likeness (QED) is 0.755. The molecule has 0 fully saturated rings. The molecule has 1 aromatic rings. The minimum atomic E-state index is -4.38. The second-order valence-electron chi connectivity index (χ2n) is 4.78. The molecule has 0 saturated carbocycles. The first-order valence-corrected chi connectivity index (χ1v) is 5.71. The zero-order valence-electron chi connectivity index (χ0n) is 10.4. The van der Waals surface area contributed by atoms with Crippen LogP contribution in [0.3, 0.4) is 0 Å². The van der Waals surface area contributed by atoms with Crippen molar-refractivity contribution in [3.05, 3.63) is 29.3 Å². The summed E-state index contributed by atoms with van der Waals surface area (Å²) in [6, 6.07) is 3.49. The van der Waals surface area contributed by atoms with Gasteiger partial charge in [-0.2, -0.15) is 13.2 Å². The lowest BCUT2D eigenvalue weighted by Gasteiger charge is -2.21. The van der Waals surface area contributed by atoms with Crippen LogP contribution in [0.2, 0.25) is 0 Å². The molecule has 0 radical (unpaired) electrons. The first-order valence-electron chi connectivity index (χ1n) is 5.71. The van der Waals surface area contributed by atoms with Crippen LogP contribution < -0.4 is 4.90 Å². The highest BCUT2D eigenvalue weighted by atomic mass is 19.4. The molecule has 2 rings (SSSR count). The lowest BCUT2D eigenvalue weighted by molar-refractivity contribution is -0.137. The smallest absolute Gasteiger partial charge is 0.314 e. The number of carbonyl (C=O) groups excluding carboxylic acids is 1. The van der Waals surface area contributed by atoms with Crippen LogP contribution in [0, 0.1) is 0 Å². The van der Waals surface area contributed by atoms with Crippen molar-refractivity contribution in [2.45, 2.75) is 31.9 Å². The molecule has 0 aliphatic carbocycles. The third-order valence-electron chi connectivity index (χ3n) is 3.76. The van der Waals surface area contributed by atoms with Gasteiger partial charge in [-0.05, 0) is 37.1 Å². The zero-order valence-corrected chi connectivity index (χ0v) is 10.4. The number of hydrogen-bond acceptors (Lipinski definition) is 1. The van der Waals surface area contributed by atoms with E-state index in [0.29, 0.717) is 17.7 Å². The Morgan fingerprint density at radius 1 is 1.33 bits per heavy atom. The number of alkyl halides is 3. The van der Waals surface area contributed by atoms with Crippen molar-refractivity contribution < 1.29 is 18.0 Å². The fraction of sp³-hybridized carbons (Fsp3) is 0.462. The van der Waals surface area contributed by atoms with Crippen molar-refractivity contribution in [1.29, 1.82) is 0 Å². The van der Waals surface area contributed by atoms with E-state index in [0.717, 1.165) is 12.1 Å². The predicted octanol–water partition coefficient (Wildman–Crippen LogP) is 3.35. The van der Waals surface area contributed by atoms with Gasteiger partial charge in [0.1, 0.15) is 0 Å². The van der Waals surface area contributed by atoms with Gasteiger partial charge in [-0.25, -0.2) is 0 Å². The molecule has 0 spiro atoms. The lowest BCUT2D eigenvalue weighted by atomic mass is 9.81. The SMILES string of the molecule is CC[C@@]1(C)C(=O)N(C)c2ccc(C(F)(F)F)cc21. The largest absolute Gasteiger partial charge is 0.416 e. The van der Waals surface area contributed by atoms with Gasteiger partial charge in [0.15, 0.2) is 0 Å². The fourth-order valence-electron chi connectivity index (χ4n) is 2.38. The van der Waals surface area contributed by atoms with Gasteiger partial charge in [-0.1, -0.05) is 6.92 Å². The second kappa shape index (κ2) is 3.73. The van der Waals surface area contributed by atoms with Gasteiger partial charge in [0.25, 0.3) is 0 Å². The van der Waals surface area contributed by atoms with Gasteiger partial charge in [-0.15, -0.1) is 0 Å². The molecule has 1 aliphatic heterocycles. The second-order valence-corrected chi connectivity index (χ2v) is 4.78. The number of rotatable bonds is 1. The molecule has 0 unspecified atom stereocenters. The number of likely N-dealkylation sites (N-methyl/N-ethyl adjacent to an activating group) is 1. The predicted molar refractivity (Wildman–Crippen MR) is 62.5 cm³/mol. The Balaban J connectivity index is 2.64. The van der Waals surface area contributed by atoms with E-state index in [9.17, 15) is 18.0 Å². The van der Waals surface area contributed by atoms with Crippen molar-refractivity contribution in [1.82, 2.24) is 0 Å². The van der Waals surface area contributed by atoms with Crippen molar-refractivity contribution in [2.24, 2.45) is 0 Å². The monoisotopic (exact) mass is 257 g/mol.